The number of hydrogen-bond acceptors (Lipinski definition) is 6. The van der Waals surface area contributed by atoms with Crippen molar-refractivity contribution in [3.63, 3.8) is 0 Å². The van der Waals surface area contributed by atoms with Crippen LogP contribution < -0.4 is 4.74 Å². The third-order valence-corrected chi connectivity index (χ3v) is 5.43. The van der Waals surface area contributed by atoms with Gasteiger partial charge in [-0.15, -0.1) is 10.2 Å². The molecule has 0 saturated carbocycles. The van der Waals surface area contributed by atoms with Crippen LogP contribution in [0.3, 0.4) is 0 Å². The highest BCUT2D eigenvalue weighted by molar-refractivity contribution is 7.98. The lowest BCUT2D eigenvalue weighted by Crippen LogP contribution is -1.93. The van der Waals surface area contributed by atoms with E-state index in [0.29, 0.717) is 17.3 Å². The van der Waals surface area contributed by atoms with Crippen LogP contribution in [0.2, 0.25) is 0 Å². The quantitative estimate of drug-likeness (QED) is 0.481. The number of pyridine rings is 2. The Labute approximate surface area is 158 Å². The van der Waals surface area contributed by atoms with Gasteiger partial charge in [0.15, 0.2) is 16.5 Å². The molecule has 1 N–H and O–H groups in total. The lowest BCUT2D eigenvalue weighted by Gasteiger charge is -2.06. The maximum atomic E-state index is 5.16. The normalized spacial score (nSPS) is 11.6. The zero-order chi connectivity index (χ0) is 18.4. The fraction of sp³-hybridized carbons (Fsp3) is 0.158. The predicted octanol–water partition coefficient (Wildman–Crippen LogP) is 3.76. The van der Waals surface area contributed by atoms with Crippen molar-refractivity contribution < 1.29 is 4.74 Å². The van der Waals surface area contributed by atoms with Gasteiger partial charge in [-0.3, -0.25) is 4.40 Å². The molecule has 8 heteroatoms. The second kappa shape index (κ2) is 6.24. The number of aromatic amines is 1. The average molecular weight is 376 g/mol. The van der Waals surface area contributed by atoms with Gasteiger partial charge in [-0.1, -0.05) is 30.0 Å². The Hall–Kier alpha value is -3.13. The number of imidazole rings is 1. The van der Waals surface area contributed by atoms with E-state index >= 15 is 0 Å². The van der Waals surface area contributed by atoms with Crippen molar-refractivity contribution in [3.8, 4) is 5.88 Å². The van der Waals surface area contributed by atoms with Crippen LogP contribution in [0, 0.1) is 6.92 Å². The summed E-state index contributed by atoms with van der Waals surface area (Å²) in [7, 11) is 1.60. The molecule has 27 heavy (non-hydrogen) atoms. The molecule has 0 amide bonds. The van der Waals surface area contributed by atoms with E-state index in [1.165, 1.54) is 10.9 Å². The van der Waals surface area contributed by atoms with Crippen molar-refractivity contribution in [2.45, 2.75) is 17.8 Å². The molecule has 0 bridgehead atoms. The topological polar surface area (TPSA) is 81.0 Å². The molecule has 7 nitrogen and oxygen atoms in total. The number of nitrogens with zero attached hydrogens (tertiary/aromatic N) is 5. The van der Waals surface area contributed by atoms with E-state index in [1.807, 2.05) is 24.3 Å². The minimum Gasteiger partial charge on any atom is -0.481 e. The van der Waals surface area contributed by atoms with E-state index in [-0.39, 0.29) is 0 Å². The molecule has 0 unspecified atom stereocenters. The van der Waals surface area contributed by atoms with Gasteiger partial charge in [0.25, 0.3) is 0 Å². The number of hydrogen-bond donors (Lipinski definition) is 1. The molecule has 5 aromatic rings. The van der Waals surface area contributed by atoms with Crippen molar-refractivity contribution >= 4 is 39.5 Å². The van der Waals surface area contributed by atoms with Gasteiger partial charge in [0, 0.05) is 11.5 Å². The zero-order valence-corrected chi connectivity index (χ0v) is 15.6. The lowest BCUT2D eigenvalue weighted by atomic mass is 10.1. The molecule has 5 rings (SSSR count). The van der Waals surface area contributed by atoms with E-state index in [1.54, 1.807) is 18.9 Å². The van der Waals surface area contributed by atoms with Crippen LogP contribution in [0.1, 0.15) is 11.4 Å². The number of ether oxygens (including phenoxy) is 1. The first-order valence-corrected chi connectivity index (χ1v) is 9.47. The van der Waals surface area contributed by atoms with Crippen LogP contribution in [0.5, 0.6) is 5.88 Å². The van der Waals surface area contributed by atoms with E-state index in [2.05, 4.69) is 54.7 Å². The largest absolute Gasteiger partial charge is 0.481 e. The molecule has 0 aliphatic carbocycles. The molecule has 0 radical (unpaired) electrons. The number of thioether (sulfide) groups is 1. The first kappa shape index (κ1) is 16.1. The molecule has 1 aromatic carbocycles. The second-order valence-corrected chi connectivity index (χ2v) is 7.16. The number of para-hydroxylation sites is 1. The summed E-state index contributed by atoms with van der Waals surface area (Å²) in [5.74, 6) is 2.03. The van der Waals surface area contributed by atoms with Gasteiger partial charge in [-0.05, 0) is 30.7 Å². The van der Waals surface area contributed by atoms with Gasteiger partial charge in [0.1, 0.15) is 5.82 Å². The molecule has 0 aliphatic heterocycles. The second-order valence-electron chi connectivity index (χ2n) is 6.22. The monoisotopic (exact) mass is 376 g/mol. The number of benzene rings is 1. The first-order chi connectivity index (χ1) is 13.2. The Kier molecular flexibility index (Phi) is 3.71. The minimum absolute atomic E-state index is 0.554. The third kappa shape index (κ3) is 2.69. The maximum Gasteiger partial charge on any atom is 0.215 e. The summed E-state index contributed by atoms with van der Waals surface area (Å²) in [6, 6.07) is 14.1. The summed E-state index contributed by atoms with van der Waals surface area (Å²) in [4.78, 5) is 12.2. The average Bonchev–Trinajstić information content (AvgIpc) is 3.29. The summed E-state index contributed by atoms with van der Waals surface area (Å²) in [5.41, 5.74) is 4.69. The van der Waals surface area contributed by atoms with Crippen molar-refractivity contribution in [2.75, 3.05) is 7.11 Å². The number of H-pyrrole nitrogens is 1. The molecule has 0 saturated heterocycles. The van der Waals surface area contributed by atoms with Crippen molar-refractivity contribution in [3.05, 3.63) is 53.9 Å². The van der Waals surface area contributed by atoms with Crippen molar-refractivity contribution in [1.29, 1.82) is 0 Å². The summed E-state index contributed by atoms with van der Waals surface area (Å²) >= 11 is 1.59. The van der Waals surface area contributed by atoms with E-state index in [9.17, 15) is 0 Å². The van der Waals surface area contributed by atoms with Gasteiger partial charge < -0.3 is 9.72 Å². The highest BCUT2D eigenvalue weighted by atomic mass is 32.2. The lowest BCUT2D eigenvalue weighted by molar-refractivity contribution is 0.399. The Morgan fingerprint density at radius 2 is 2.00 bits per heavy atom. The first-order valence-electron chi connectivity index (χ1n) is 8.49. The number of methoxy groups -OCH3 is 1. The highest BCUT2D eigenvalue weighted by Gasteiger charge is 2.13. The Balaban J connectivity index is 1.51. The Morgan fingerprint density at radius 1 is 1.11 bits per heavy atom. The molecule has 134 valence electrons. The molecule has 0 aliphatic rings. The number of rotatable bonds is 4. The van der Waals surface area contributed by atoms with Crippen LogP contribution in [-0.4, -0.2) is 36.7 Å². The minimum atomic E-state index is 0.554. The van der Waals surface area contributed by atoms with Gasteiger partial charge in [0.05, 0.1) is 23.9 Å². The van der Waals surface area contributed by atoms with Crippen LogP contribution in [0.4, 0.5) is 0 Å². The Bertz CT molecular complexity index is 1290. The van der Waals surface area contributed by atoms with Gasteiger partial charge >= 0.3 is 0 Å². The van der Waals surface area contributed by atoms with Gasteiger partial charge in [-0.2, -0.15) is 4.98 Å². The number of fused-ring (bicyclic) bond motifs is 4. The van der Waals surface area contributed by atoms with E-state index < -0.39 is 0 Å². The SMILES string of the molecule is COc1ccc2[nH]c(CSc3nnc4cc(C)c5ccccc5n34)nc2n1. The summed E-state index contributed by atoms with van der Waals surface area (Å²) in [5, 5.41) is 10.8. The third-order valence-electron chi connectivity index (χ3n) is 4.49. The van der Waals surface area contributed by atoms with Crippen LogP contribution in [-0.2, 0) is 5.75 Å². The van der Waals surface area contributed by atoms with E-state index in [4.69, 9.17) is 4.74 Å². The summed E-state index contributed by atoms with van der Waals surface area (Å²) in [6.45, 7) is 2.10. The molecule has 4 heterocycles. The summed E-state index contributed by atoms with van der Waals surface area (Å²) < 4.78 is 7.25. The fourth-order valence-electron chi connectivity index (χ4n) is 3.21. The molecule has 0 atom stereocenters. The van der Waals surface area contributed by atoms with Gasteiger partial charge in [0.2, 0.25) is 5.88 Å². The molecular formula is C19H16N6OS. The number of aromatic nitrogens is 6. The molecule has 4 aromatic heterocycles. The van der Waals surface area contributed by atoms with Crippen molar-refractivity contribution in [1.82, 2.24) is 29.5 Å². The highest BCUT2D eigenvalue weighted by Crippen LogP contribution is 2.27. The van der Waals surface area contributed by atoms with Crippen LogP contribution >= 0.6 is 11.8 Å². The van der Waals surface area contributed by atoms with Crippen molar-refractivity contribution in [2.24, 2.45) is 0 Å². The molecule has 0 spiro atoms. The maximum absolute atomic E-state index is 5.16. The number of nitrogens with one attached hydrogen (secondary N) is 1. The smallest absolute Gasteiger partial charge is 0.215 e. The van der Waals surface area contributed by atoms with Crippen LogP contribution in [0.15, 0.2) is 47.6 Å². The predicted molar refractivity (Wildman–Crippen MR) is 105 cm³/mol. The van der Waals surface area contributed by atoms with Gasteiger partial charge in [-0.25, -0.2) is 4.98 Å². The van der Waals surface area contributed by atoms with E-state index in [0.717, 1.165) is 27.7 Å². The summed E-state index contributed by atoms with van der Waals surface area (Å²) in [6.07, 6.45) is 0. The fourth-order valence-corrected chi connectivity index (χ4v) is 4.03. The number of aryl methyl sites for hydroxylation is 1. The molecule has 0 fully saturated rings. The molecular weight excluding hydrogens is 360 g/mol. The zero-order valence-electron chi connectivity index (χ0n) is 14.8. The Morgan fingerprint density at radius 3 is 2.89 bits per heavy atom. The van der Waals surface area contributed by atoms with Crippen LogP contribution in [0.25, 0.3) is 27.7 Å². The standard InChI is InChI=1S/C19H16N6OS/c1-11-9-16-23-24-19(25(16)14-6-4-3-5-12(11)14)27-10-15-20-13-7-8-17(26-2)22-18(13)21-15/h3-9H,10H2,1-2H3,(H,20,21,22).